The van der Waals surface area contributed by atoms with Crippen LogP contribution >= 0.6 is 15.9 Å². The Bertz CT molecular complexity index is 383. The average molecular weight is 312 g/mol. The third-order valence-electron chi connectivity index (χ3n) is 3.92. The van der Waals surface area contributed by atoms with E-state index in [0.717, 1.165) is 16.0 Å². The highest BCUT2D eigenvalue weighted by molar-refractivity contribution is 9.10. The van der Waals surface area contributed by atoms with E-state index < -0.39 is 6.10 Å². The van der Waals surface area contributed by atoms with Crippen LogP contribution in [0.25, 0.3) is 0 Å². The van der Waals surface area contributed by atoms with Crippen LogP contribution in [0.1, 0.15) is 44.3 Å². The minimum absolute atomic E-state index is 0.420. The first-order valence-electron chi connectivity index (χ1n) is 6.83. The van der Waals surface area contributed by atoms with Crippen LogP contribution in [0.15, 0.2) is 28.7 Å². The molecule has 0 radical (unpaired) electrons. The van der Waals surface area contributed by atoms with Crippen LogP contribution in [-0.4, -0.2) is 17.7 Å². The molecule has 0 aromatic heterocycles. The zero-order chi connectivity index (χ0) is 13.0. The highest BCUT2D eigenvalue weighted by atomic mass is 79.9. The number of aliphatic hydroxyl groups excluding tert-OH is 1. The maximum atomic E-state index is 10.2. The van der Waals surface area contributed by atoms with Crippen molar-refractivity contribution in [3.63, 3.8) is 0 Å². The largest absolute Gasteiger partial charge is 0.387 e. The molecular formula is C15H22BrNO. The van der Waals surface area contributed by atoms with Crippen LogP contribution in [-0.2, 0) is 0 Å². The predicted octanol–water partition coefficient (Wildman–Crippen LogP) is 3.65. The summed E-state index contributed by atoms with van der Waals surface area (Å²) < 4.78 is 1.02. The molecule has 3 heteroatoms. The molecule has 1 aliphatic carbocycles. The van der Waals surface area contributed by atoms with E-state index in [1.54, 1.807) is 0 Å². The summed E-state index contributed by atoms with van der Waals surface area (Å²) in [5, 5.41) is 13.7. The summed E-state index contributed by atoms with van der Waals surface area (Å²) in [6.45, 7) is 2.95. The van der Waals surface area contributed by atoms with Crippen LogP contribution in [0.4, 0.5) is 0 Å². The Balaban J connectivity index is 1.86. The predicted molar refractivity (Wildman–Crippen MR) is 78.5 cm³/mol. The van der Waals surface area contributed by atoms with E-state index in [4.69, 9.17) is 0 Å². The summed E-state index contributed by atoms with van der Waals surface area (Å²) >= 11 is 3.44. The van der Waals surface area contributed by atoms with Gasteiger partial charge in [-0.15, -0.1) is 0 Å². The molecule has 2 rings (SSSR count). The lowest BCUT2D eigenvalue weighted by molar-refractivity contribution is 0.157. The van der Waals surface area contributed by atoms with Crippen LogP contribution < -0.4 is 5.32 Å². The standard InChI is InChI=1S/C15H22BrNO/c1-11-5-2-3-8-14(11)17-10-15(18)12-6-4-7-13(16)9-12/h4,6-7,9,11,14-15,17-18H,2-3,5,8,10H2,1H3. The normalized spacial score (nSPS) is 25.9. The molecular weight excluding hydrogens is 290 g/mol. The zero-order valence-electron chi connectivity index (χ0n) is 10.9. The SMILES string of the molecule is CC1CCCCC1NCC(O)c1cccc(Br)c1. The van der Waals surface area contributed by atoms with Crippen LogP contribution in [0.5, 0.6) is 0 Å². The highest BCUT2D eigenvalue weighted by Crippen LogP contribution is 2.24. The Kier molecular flexibility index (Phi) is 5.22. The molecule has 0 heterocycles. The van der Waals surface area contributed by atoms with Crippen LogP contribution in [0.2, 0.25) is 0 Å². The molecule has 0 saturated heterocycles. The summed E-state index contributed by atoms with van der Waals surface area (Å²) in [6, 6.07) is 8.47. The van der Waals surface area contributed by atoms with Crippen molar-refractivity contribution in [2.24, 2.45) is 5.92 Å². The molecule has 0 aliphatic heterocycles. The summed E-state index contributed by atoms with van der Waals surface area (Å²) in [4.78, 5) is 0. The fraction of sp³-hybridized carbons (Fsp3) is 0.600. The van der Waals surface area contributed by atoms with Crippen molar-refractivity contribution >= 4 is 15.9 Å². The quantitative estimate of drug-likeness (QED) is 0.889. The lowest BCUT2D eigenvalue weighted by Gasteiger charge is -2.30. The second-order valence-electron chi connectivity index (χ2n) is 5.35. The van der Waals surface area contributed by atoms with Gasteiger partial charge in [-0.05, 0) is 36.5 Å². The van der Waals surface area contributed by atoms with Gasteiger partial charge in [0.05, 0.1) is 6.10 Å². The molecule has 1 saturated carbocycles. The Morgan fingerprint density at radius 3 is 2.89 bits per heavy atom. The molecule has 18 heavy (non-hydrogen) atoms. The van der Waals surface area contributed by atoms with E-state index in [9.17, 15) is 5.11 Å². The molecule has 3 unspecified atom stereocenters. The van der Waals surface area contributed by atoms with Crippen molar-refractivity contribution in [1.82, 2.24) is 5.32 Å². The van der Waals surface area contributed by atoms with Crippen molar-refractivity contribution in [2.75, 3.05) is 6.54 Å². The van der Waals surface area contributed by atoms with Gasteiger partial charge in [-0.2, -0.15) is 0 Å². The van der Waals surface area contributed by atoms with Gasteiger partial charge in [-0.3, -0.25) is 0 Å². The minimum Gasteiger partial charge on any atom is -0.387 e. The number of nitrogens with one attached hydrogen (secondary N) is 1. The fourth-order valence-electron chi connectivity index (χ4n) is 2.71. The maximum Gasteiger partial charge on any atom is 0.0914 e. The summed E-state index contributed by atoms with van der Waals surface area (Å²) in [5.41, 5.74) is 0.973. The van der Waals surface area contributed by atoms with Gasteiger partial charge in [-0.1, -0.05) is 47.8 Å². The van der Waals surface area contributed by atoms with Crippen molar-refractivity contribution in [2.45, 2.75) is 44.8 Å². The highest BCUT2D eigenvalue weighted by Gasteiger charge is 2.21. The van der Waals surface area contributed by atoms with E-state index in [1.165, 1.54) is 25.7 Å². The Morgan fingerprint density at radius 2 is 2.17 bits per heavy atom. The molecule has 100 valence electrons. The van der Waals surface area contributed by atoms with Crippen molar-refractivity contribution in [3.8, 4) is 0 Å². The number of aliphatic hydroxyl groups is 1. The molecule has 0 bridgehead atoms. The monoisotopic (exact) mass is 311 g/mol. The topological polar surface area (TPSA) is 32.3 Å². The van der Waals surface area contributed by atoms with Gasteiger partial charge in [0.15, 0.2) is 0 Å². The van der Waals surface area contributed by atoms with E-state index >= 15 is 0 Å². The molecule has 2 nitrogen and oxygen atoms in total. The molecule has 3 atom stereocenters. The molecule has 1 aromatic carbocycles. The summed E-state index contributed by atoms with van der Waals surface area (Å²) in [7, 11) is 0. The van der Waals surface area contributed by atoms with Gasteiger partial charge in [-0.25, -0.2) is 0 Å². The van der Waals surface area contributed by atoms with E-state index in [2.05, 4.69) is 28.2 Å². The summed E-state index contributed by atoms with van der Waals surface area (Å²) in [5.74, 6) is 0.730. The maximum absolute atomic E-state index is 10.2. The Hall–Kier alpha value is -0.380. The lowest BCUT2D eigenvalue weighted by Crippen LogP contribution is -2.39. The van der Waals surface area contributed by atoms with Gasteiger partial charge in [0, 0.05) is 17.1 Å². The van der Waals surface area contributed by atoms with Gasteiger partial charge in [0.2, 0.25) is 0 Å². The van der Waals surface area contributed by atoms with Gasteiger partial charge < -0.3 is 10.4 Å². The Labute approximate surface area is 118 Å². The summed E-state index contributed by atoms with van der Waals surface area (Å²) in [6.07, 6.45) is 4.80. The van der Waals surface area contributed by atoms with Gasteiger partial charge in [0.1, 0.15) is 0 Å². The number of hydrogen-bond donors (Lipinski definition) is 2. The average Bonchev–Trinajstić information content (AvgIpc) is 2.37. The van der Waals surface area contributed by atoms with E-state index in [0.29, 0.717) is 12.6 Å². The second kappa shape index (κ2) is 6.69. The first-order chi connectivity index (χ1) is 8.66. The fourth-order valence-corrected chi connectivity index (χ4v) is 3.13. The molecule has 1 aromatic rings. The van der Waals surface area contributed by atoms with Crippen molar-refractivity contribution < 1.29 is 5.11 Å². The van der Waals surface area contributed by atoms with Crippen molar-refractivity contribution in [3.05, 3.63) is 34.3 Å². The smallest absolute Gasteiger partial charge is 0.0914 e. The first kappa shape index (κ1) is 14.0. The zero-order valence-corrected chi connectivity index (χ0v) is 12.5. The van der Waals surface area contributed by atoms with E-state index in [-0.39, 0.29) is 0 Å². The van der Waals surface area contributed by atoms with Crippen LogP contribution in [0, 0.1) is 5.92 Å². The molecule has 0 spiro atoms. The molecule has 0 amide bonds. The number of rotatable bonds is 4. The molecule has 2 N–H and O–H groups in total. The first-order valence-corrected chi connectivity index (χ1v) is 7.63. The van der Waals surface area contributed by atoms with Crippen molar-refractivity contribution in [1.29, 1.82) is 0 Å². The lowest BCUT2D eigenvalue weighted by atomic mass is 9.86. The number of benzene rings is 1. The number of halogens is 1. The number of hydrogen-bond acceptors (Lipinski definition) is 2. The molecule has 1 fully saturated rings. The second-order valence-corrected chi connectivity index (χ2v) is 6.26. The van der Waals surface area contributed by atoms with Crippen LogP contribution in [0.3, 0.4) is 0 Å². The third kappa shape index (κ3) is 3.81. The van der Waals surface area contributed by atoms with Gasteiger partial charge >= 0.3 is 0 Å². The molecule has 1 aliphatic rings. The minimum atomic E-state index is -0.420. The van der Waals surface area contributed by atoms with Gasteiger partial charge in [0.25, 0.3) is 0 Å². The third-order valence-corrected chi connectivity index (χ3v) is 4.41. The van der Waals surface area contributed by atoms with E-state index in [1.807, 2.05) is 24.3 Å². The Morgan fingerprint density at radius 1 is 1.39 bits per heavy atom.